The normalized spacial score (nSPS) is 14.3. The third-order valence-electron chi connectivity index (χ3n) is 8.57. The van der Waals surface area contributed by atoms with Crippen LogP contribution in [-0.4, -0.2) is 47.6 Å². The van der Waals surface area contributed by atoms with Gasteiger partial charge in [-0.3, -0.25) is 0 Å². The molecule has 0 fully saturated rings. The number of rotatable bonds is 31. The Balaban J connectivity index is 4.70. The summed E-state index contributed by atoms with van der Waals surface area (Å²) in [7, 11) is 0. The highest BCUT2D eigenvalue weighted by molar-refractivity contribution is 5.85. The van der Waals surface area contributed by atoms with Crippen LogP contribution >= 0.6 is 0 Å². The first kappa shape index (κ1) is 40.9. The predicted molar refractivity (Wildman–Crippen MR) is 174 cm³/mol. The average Bonchev–Trinajstić information content (AvgIpc) is 3.00. The molecule has 0 amide bonds. The first-order valence-electron chi connectivity index (χ1n) is 18.1. The molecule has 0 saturated carbocycles. The summed E-state index contributed by atoms with van der Waals surface area (Å²) in [6.07, 6.45) is 24.0. The molecule has 0 rings (SSSR count). The smallest absolute Gasteiger partial charge is 0.338 e. The fourth-order valence-electron chi connectivity index (χ4n) is 5.60. The Morgan fingerprint density at radius 1 is 0.429 bits per heavy atom. The maximum absolute atomic E-state index is 12.6. The van der Waals surface area contributed by atoms with Gasteiger partial charge in [-0.2, -0.15) is 0 Å². The zero-order valence-corrected chi connectivity index (χ0v) is 28.2. The highest BCUT2D eigenvalue weighted by atomic mass is 16.6. The highest BCUT2D eigenvalue weighted by Crippen LogP contribution is 2.21. The second kappa shape index (κ2) is 29.9. The number of aliphatic hydroxyl groups excluding tert-OH is 2. The molecule has 42 heavy (non-hydrogen) atoms. The zero-order chi connectivity index (χ0) is 31.3. The van der Waals surface area contributed by atoms with Crippen molar-refractivity contribution in [3.63, 3.8) is 0 Å². The van der Waals surface area contributed by atoms with E-state index < -0.39 is 24.1 Å². The summed E-state index contributed by atoms with van der Waals surface area (Å²) >= 11 is 0. The molecule has 0 radical (unpaired) electrons. The van der Waals surface area contributed by atoms with E-state index in [0.717, 1.165) is 51.4 Å². The fraction of sp³-hybridized carbons (Fsp3) is 0.944. The minimum Gasteiger partial charge on any atom is -0.463 e. The number of carbonyl (C=O) groups excluding carboxylic acids is 2. The topological polar surface area (TPSA) is 93.1 Å². The Bertz CT molecular complexity index is 558. The largest absolute Gasteiger partial charge is 0.463 e. The Kier molecular flexibility index (Phi) is 29.1. The van der Waals surface area contributed by atoms with Crippen LogP contribution in [0.15, 0.2) is 0 Å². The van der Waals surface area contributed by atoms with E-state index in [0.29, 0.717) is 0 Å². The molecule has 0 saturated heterocycles. The Morgan fingerprint density at radius 2 is 0.667 bits per heavy atom. The summed E-state index contributed by atoms with van der Waals surface area (Å²) in [6, 6.07) is 0. The molecule has 0 spiro atoms. The van der Waals surface area contributed by atoms with Gasteiger partial charge in [-0.05, 0) is 37.5 Å². The van der Waals surface area contributed by atoms with Crippen LogP contribution in [0.2, 0.25) is 0 Å². The number of hydrogen-bond donors (Lipinski definition) is 2. The van der Waals surface area contributed by atoms with E-state index in [9.17, 15) is 19.8 Å². The number of hydrogen-bond acceptors (Lipinski definition) is 6. The van der Waals surface area contributed by atoms with Crippen LogP contribution in [0.4, 0.5) is 0 Å². The molecular weight excluding hydrogens is 528 g/mol. The fourth-order valence-corrected chi connectivity index (χ4v) is 5.60. The van der Waals surface area contributed by atoms with Crippen LogP contribution in [-0.2, 0) is 19.1 Å². The van der Waals surface area contributed by atoms with Gasteiger partial charge >= 0.3 is 11.9 Å². The molecule has 6 nitrogen and oxygen atoms in total. The minimum absolute atomic E-state index is 0.219. The molecule has 0 aliphatic carbocycles. The van der Waals surface area contributed by atoms with Crippen LogP contribution < -0.4 is 0 Å². The Morgan fingerprint density at radius 3 is 0.952 bits per heavy atom. The molecule has 2 N–H and O–H groups in total. The summed E-state index contributed by atoms with van der Waals surface area (Å²) in [5, 5.41) is 20.8. The van der Waals surface area contributed by atoms with Crippen LogP contribution in [0.25, 0.3) is 0 Å². The van der Waals surface area contributed by atoms with Crippen LogP contribution in [0, 0.1) is 11.8 Å². The summed E-state index contributed by atoms with van der Waals surface area (Å²) in [5.74, 6) is -1.40. The van der Waals surface area contributed by atoms with Crippen molar-refractivity contribution in [2.45, 2.75) is 194 Å². The van der Waals surface area contributed by atoms with Crippen molar-refractivity contribution >= 4 is 11.9 Å². The molecule has 2 unspecified atom stereocenters. The first-order chi connectivity index (χ1) is 20.4. The number of aliphatic hydroxyl groups is 2. The molecule has 0 aromatic rings. The number of carbonyl (C=O) groups is 2. The SMILES string of the molecule is CCCCCCCCC(CCCCCC)COC(=O)[C@H](O)[C@@H](O)C(=O)OCC(CCCCCC)CCCCCCCC. The lowest BCUT2D eigenvalue weighted by Crippen LogP contribution is -2.42. The van der Waals surface area contributed by atoms with Crippen molar-refractivity contribution in [2.24, 2.45) is 11.8 Å². The highest BCUT2D eigenvalue weighted by Gasteiger charge is 2.33. The quantitative estimate of drug-likeness (QED) is 0.0610. The minimum atomic E-state index is -1.92. The molecule has 0 aliphatic rings. The maximum Gasteiger partial charge on any atom is 0.338 e. The standard InChI is InChI=1S/C36H70O6/c1-5-9-13-17-19-23-27-31(25-21-15-11-7-3)29-41-35(39)33(37)34(38)36(40)42-30-32(26-22-16-12-8-4)28-24-20-18-14-10-6-2/h31-34,37-38H,5-30H2,1-4H3/t31?,32?,33-,34-/m1/s1. The molecule has 0 heterocycles. The van der Waals surface area contributed by atoms with Gasteiger partial charge in [-0.25, -0.2) is 9.59 Å². The first-order valence-corrected chi connectivity index (χ1v) is 18.1. The number of unbranched alkanes of at least 4 members (excludes halogenated alkanes) is 16. The van der Waals surface area contributed by atoms with Gasteiger partial charge in [-0.1, -0.05) is 156 Å². The van der Waals surface area contributed by atoms with Gasteiger partial charge in [0.15, 0.2) is 12.2 Å². The zero-order valence-electron chi connectivity index (χ0n) is 28.2. The molecule has 0 aromatic carbocycles. The van der Waals surface area contributed by atoms with E-state index in [1.54, 1.807) is 0 Å². The van der Waals surface area contributed by atoms with Gasteiger partial charge in [-0.15, -0.1) is 0 Å². The van der Waals surface area contributed by atoms with Gasteiger partial charge in [0.05, 0.1) is 13.2 Å². The van der Waals surface area contributed by atoms with Gasteiger partial charge in [0, 0.05) is 0 Å². The lowest BCUT2D eigenvalue weighted by Gasteiger charge is -2.21. The summed E-state index contributed by atoms with van der Waals surface area (Å²) in [5.41, 5.74) is 0. The summed E-state index contributed by atoms with van der Waals surface area (Å²) < 4.78 is 10.9. The third-order valence-corrected chi connectivity index (χ3v) is 8.57. The van der Waals surface area contributed by atoms with Gasteiger partial charge in [0.1, 0.15) is 0 Å². The maximum atomic E-state index is 12.6. The summed E-state index contributed by atoms with van der Waals surface area (Å²) in [4.78, 5) is 25.1. The molecule has 0 aromatic heterocycles. The monoisotopic (exact) mass is 599 g/mol. The van der Waals surface area contributed by atoms with E-state index >= 15 is 0 Å². The third kappa shape index (κ3) is 23.3. The second-order valence-electron chi connectivity index (χ2n) is 12.7. The Hall–Kier alpha value is -1.14. The van der Waals surface area contributed by atoms with Crippen molar-refractivity contribution in [2.75, 3.05) is 13.2 Å². The molecule has 250 valence electrons. The van der Waals surface area contributed by atoms with Crippen molar-refractivity contribution in [1.29, 1.82) is 0 Å². The van der Waals surface area contributed by atoms with Crippen LogP contribution in [0.3, 0.4) is 0 Å². The second-order valence-corrected chi connectivity index (χ2v) is 12.7. The van der Waals surface area contributed by atoms with E-state index in [1.165, 1.54) is 103 Å². The summed E-state index contributed by atoms with van der Waals surface area (Å²) in [6.45, 7) is 9.26. The molecule has 0 bridgehead atoms. The Labute approximate surface area is 260 Å². The molecular formula is C36H70O6. The van der Waals surface area contributed by atoms with Crippen LogP contribution in [0.1, 0.15) is 182 Å². The van der Waals surface area contributed by atoms with Crippen molar-refractivity contribution in [3.8, 4) is 0 Å². The van der Waals surface area contributed by atoms with E-state index in [4.69, 9.17) is 9.47 Å². The van der Waals surface area contributed by atoms with E-state index in [2.05, 4.69) is 27.7 Å². The van der Waals surface area contributed by atoms with E-state index in [1.807, 2.05) is 0 Å². The lowest BCUT2D eigenvalue weighted by atomic mass is 9.95. The van der Waals surface area contributed by atoms with E-state index in [-0.39, 0.29) is 25.0 Å². The van der Waals surface area contributed by atoms with Gasteiger partial charge < -0.3 is 19.7 Å². The molecule has 4 atom stereocenters. The van der Waals surface area contributed by atoms with Gasteiger partial charge in [0.25, 0.3) is 0 Å². The predicted octanol–water partition coefficient (Wildman–Crippen LogP) is 9.47. The van der Waals surface area contributed by atoms with Crippen molar-refractivity contribution in [1.82, 2.24) is 0 Å². The van der Waals surface area contributed by atoms with Crippen LogP contribution in [0.5, 0.6) is 0 Å². The van der Waals surface area contributed by atoms with Gasteiger partial charge in [0.2, 0.25) is 0 Å². The van der Waals surface area contributed by atoms with Crippen molar-refractivity contribution in [3.05, 3.63) is 0 Å². The number of esters is 2. The van der Waals surface area contributed by atoms with Crippen molar-refractivity contribution < 1.29 is 29.3 Å². The molecule has 0 aliphatic heterocycles. The number of ether oxygens (including phenoxy) is 2. The lowest BCUT2D eigenvalue weighted by molar-refractivity contribution is -0.174. The molecule has 6 heteroatoms. The average molecular weight is 599 g/mol.